The zero-order valence-electron chi connectivity index (χ0n) is 32.7. The second-order valence-electron chi connectivity index (χ2n) is 15.7. The van der Waals surface area contributed by atoms with Gasteiger partial charge in [0.25, 0.3) is 11.8 Å². The van der Waals surface area contributed by atoms with Crippen LogP contribution in [0.3, 0.4) is 0 Å². The molecule has 0 spiro atoms. The average molecular weight is 785 g/mol. The standard InChI is InChI=1S/C45H48N6O7/c1-28-4-10-40(43(52)48-28)51-44(53)36-9-7-31(23-37(36)45(51)54)50-16-13-32(14-17-50)57-21-20-55-18-3-19-56-33-24-34(25-33)58-42-11-6-30(26-47-42)29-5-8-35-38-27-46-15-12-39(38)49(2)41(35)22-29/h5-9,11-12,15,22-23,26-27,32-34,40H,1,3-4,10,13-14,16-21,24-25H2,2H3,(H,48,52). The van der Waals surface area contributed by atoms with Gasteiger partial charge in [-0.25, -0.2) is 4.98 Å². The molecule has 5 aromatic rings. The van der Waals surface area contributed by atoms with Gasteiger partial charge in [-0.3, -0.25) is 24.3 Å². The van der Waals surface area contributed by atoms with Gasteiger partial charge in [0.2, 0.25) is 11.8 Å². The average Bonchev–Trinajstić information content (AvgIpc) is 3.65. The molecular weight excluding hydrogens is 737 g/mol. The molecule has 2 saturated heterocycles. The highest BCUT2D eigenvalue weighted by atomic mass is 16.5. The van der Waals surface area contributed by atoms with Gasteiger partial charge in [-0.1, -0.05) is 18.7 Å². The number of benzene rings is 2. The number of ether oxygens (including phenoxy) is 4. The van der Waals surface area contributed by atoms with E-state index in [9.17, 15) is 14.4 Å². The van der Waals surface area contributed by atoms with E-state index in [1.54, 1.807) is 12.1 Å². The topological polar surface area (TPSA) is 137 Å². The maximum atomic E-state index is 13.3. The summed E-state index contributed by atoms with van der Waals surface area (Å²) in [7, 11) is 2.09. The van der Waals surface area contributed by atoms with Crippen LogP contribution in [0, 0.1) is 0 Å². The molecule has 2 aromatic carbocycles. The van der Waals surface area contributed by atoms with Crippen molar-refractivity contribution in [3.8, 4) is 17.0 Å². The van der Waals surface area contributed by atoms with E-state index in [2.05, 4.69) is 62.6 Å². The number of imide groups is 1. The highest BCUT2D eigenvalue weighted by Gasteiger charge is 2.44. The third-order valence-electron chi connectivity index (χ3n) is 11.9. The smallest absolute Gasteiger partial charge is 0.262 e. The summed E-state index contributed by atoms with van der Waals surface area (Å²) < 4.78 is 26.3. The number of piperidine rings is 2. The summed E-state index contributed by atoms with van der Waals surface area (Å²) in [5.74, 6) is -0.559. The summed E-state index contributed by atoms with van der Waals surface area (Å²) in [4.78, 5) is 51.1. The summed E-state index contributed by atoms with van der Waals surface area (Å²) >= 11 is 0. The summed E-state index contributed by atoms with van der Waals surface area (Å²) in [6.07, 6.45) is 11.2. The Morgan fingerprint density at radius 1 is 0.776 bits per heavy atom. The minimum Gasteiger partial charge on any atom is -0.474 e. The fourth-order valence-electron chi connectivity index (χ4n) is 8.58. The van der Waals surface area contributed by atoms with E-state index in [0.717, 1.165) is 77.8 Å². The second kappa shape index (κ2) is 16.3. The molecule has 13 heteroatoms. The lowest BCUT2D eigenvalue weighted by atomic mass is 9.92. The third kappa shape index (κ3) is 7.57. The van der Waals surface area contributed by atoms with Crippen LogP contribution in [0.15, 0.2) is 85.5 Å². The molecule has 1 unspecified atom stereocenters. The van der Waals surface area contributed by atoms with Crippen LogP contribution < -0.4 is 15.0 Å². The van der Waals surface area contributed by atoms with Crippen molar-refractivity contribution in [1.29, 1.82) is 0 Å². The minimum absolute atomic E-state index is 0.109. The minimum atomic E-state index is -0.813. The number of carbonyl (C=O) groups is 3. The highest BCUT2D eigenvalue weighted by molar-refractivity contribution is 6.23. The Morgan fingerprint density at radius 3 is 2.40 bits per heavy atom. The van der Waals surface area contributed by atoms with E-state index in [4.69, 9.17) is 18.9 Å². The van der Waals surface area contributed by atoms with Gasteiger partial charge >= 0.3 is 0 Å². The Labute approximate surface area is 336 Å². The van der Waals surface area contributed by atoms with E-state index >= 15 is 0 Å². The summed E-state index contributed by atoms with van der Waals surface area (Å²) in [5.41, 5.74) is 6.69. The van der Waals surface area contributed by atoms with E-state index in [1.165, 1.54) is 10.9 Å². The number of carbonyl (C=O) groups excluding carboxylic acids is 3. The van der Waals surface area contributed by atoms with Crippen LogP contribution in [0.4, 0.5) is 5.69 Å². The molecule has 1 N–H and O–H groups in total. The summed E-state index contributed by atoms with van der Waals surface area (Å²) in [5, 5.41) is 5.02. The molecule has 13 nitrogen and oxygen atoms in total. The van der Waals surface area contributed by atoms with Crippen LogP contribution in [0.5, 0.6) is 5.88 Å². The first-order valence-electron chi connectivity index (χ1n) is 20.3. The van der Waals surface area contributed by atoms with E-state index in [1.807, 2.05) is 36.8 Å². The van der Waals surface area contributed by atoms with Crippen molar-refractivity contribution in [2.75, 3.05) is 44.4 Å². The lowest BCUT2D eigenvalue weighted by molar-refractivity contribution is -0.125. The largest absolute Gasteiger partial charge is 0.474 e. The fraction of sp³-hybridized carbons (Fsp3) is 0.400. The number of rotatable bonds is 14. The SMILES string of the molecule is C=C1CCC(N2C(=O)c3ccc(N4CCC(OCCOCCCOC5CC(Oc6ccc(-c7ccc8c9cnccc9n(C)c8c7)cn6)C5)CC4)cc3C2=O)C(=O)N1. The van der Waals surface area contributed by atoms with Gasteiger partial charge in [-0.05, 0) is 74.1 Å². The molecular formula is C45H48N6O7. The third-order valence-corrected chi connectivity index (χ3v) is 11.9. The van der Waals surface area contributed by atoms with Crippen molar-refractivity contribution in [2.45, 2.75) is 69.3 Å². The Morgan fingerprint density at radius 2 is 1.59 bits per heavy atom. The second-order valence-corrected chi connectivity index (χ2v) is 15.7. The van der Waals surface area contributed by atoms with Crippen molar-refractivity contribution in [3.63, 3.8) is 0 Å². The molecule has 3 aliphatic heterocycles. The van der Waals surface area contributed by atoms with Crippen molar-refractivity contribution < 1.29 is 33.3 Å². The van der Waals surface area contributed by atoms with Crippen LogP contribution in [-0.4, -0.2) is 101 Å². The first-order valence-corrected chi connectivity index (χ1v) is 20.3. The molecule has 3 fully saturated rings. The number of fused-ring (bicyclic) bond motifs is 4. The van der Waals surface area contributed by atoms with Crippen LogP contribution in [0.2, 0.25) is 0 Å². The molecule has 3 aromatic heterocycles. The first kappa shape index (κ1) is 37.9. The molecule has 1 saturated carbocycles. The molecule has 0 bridgehead atoms. The molecule has 0 radical (unpaired) electrons. The predicted octanol–water partition coefficient (Wildman–Crippen LogP) is 6.20. The number of anilines is 1. The molecule has 58 heavy (non-hydrogen) atoms. The molecule has 3 amide bonds. The van der Waals surface area contributed by atoms with E-state index < -0.39 is 17.9 Å². The van der Waals surface area contributed by atoms with Crippen molar-refractivity contribution in [3.05, 3.63) is 96.6 Å². The quantitative estimate of drug-likeness (QED) is 0.103. The number of pyridine rings is 2. The molecule has 4 aliphatic rings. The Balaban J connectivity index is 0.629. The van der Waals surface area contributed by atoms with Gasteiger partial charge in [0, 0.05) is 104 Å². The highest BCUT2D eigenvalue weighted by Crippen LogP contribution is 2.34. The lowest BCUT2D eigenvalue weighted by Gasteiger charge is -2.34. The van der Waals surface area contributed by atoms with Crippen molar-refractivity contribution in [2.24, 2.45) is 7.05 Å². The molecule has 9 rings (SSSR count). The number of amides is 3. The van der Waals surface area contributed by atoms with Crippen LogP contribution in [-0.2, 0) is 26.1 Å². The zero-order valence-corrected chi connectivity index (χ0v) is 32.7. The summed E-state index contributed by atoms with van der Waals surface area (Å²) in [6.45, 7) is 7.68. The normalized spacial score (nSPS) is 21.2. The van der Waals surface area contributed by atoms with Gasteiger partial charge in [0.05, 0.1) is 42.1 Å². The van der Waals surface area contributed by atoms with Gasteiger partial charge in [-0.2, -0.15) is 0 Å². The van der Waals surface area contributed by atoms with E-state index in [0.29, 0.717) is 62.0 Å². The van der Waals surface area contributed by atoms with Gasteiger partial charge in [-0.15, -0.1) is 0 Å². The summed E-state index contributed by atoms with van der Waals surface area (Å²) in [6, 6.07) is 17.1. The van der Waals surface area contributed by atoms with Crippen molar-refractivity contribution >= 4 is 45.2 Å². The zero-order chi connectivity index (χ0) is 39.8. The maximum Gasteiger partial charge on any atom is 0.262 e. The molecule has 1 atom stereocenters. The van der Waals surface area contributed by atoms with Gasteiger partial charge in [0.15, 0.2) is 0 Å². The molecule has 6 heterocycles. The number of nitrogens with one attached hydrogen (secondary N) is 1. The Kier molecular flexibility index (Phi) is 10.7. The van der Waals surface area contributed by atoms with Crippen LogP contribution >= 0.6 is 0 Å². The number of hydrogen-bond acceptors (Lipinski definition) is 10. The number of aromatic nitrogens is 3. The number of nitrogens with zero attached hydrogens (tertiary/aromatic N) is 5. The first-order chi connectivity index (χ1) is 28.3. The van der Waals surface area contributed by atoms with E-state index in [-0.39, 0.29) is 24.2 Å². The van der Waals surface area contributed by atoms with Gasteiger partial charge in [0.1, 0.15) is 12.1 Å². The Hall–Kier alpha value is -5.63. The monoisotopic (exact) mass is 784 g/mol. The van der Waals surface area contributed by atoms with Gasteiger partial charge < -0.3 is 33.7 Å². The number of allylic oxidation sites excluding steroid dienone is 1. The van der Waals surface area contributed by atoms with Crippen molar-refractivity contribution in [1.82, 2.24) is 24.8 Å². The molecule has 300 valence electrons. The Bertz CT molecular complexity index is 2360. The number of hydrogen-bond donors (Lipinski definition) is 1. The predicted molar refractivity (Wildman–Crippen MR) is 219 cm³/mol. The van der Waals surface area contributed by atoms with Crippen LogP contribution in [0.25, 0.3) is 32.9 Å². The lowest BCUT2D eigenvalue weighted by Crippen LogP contribution is -2.51. The molecule has 1 aliphatic carbocycles. The van der Waals surface area contributed by atoms with Crippen LogP contribution in [0.1, 0.15) is 65.7 Å². The fourth-order valence-corrected chi connectivity index (χ4v) is 8.58. The number of aryl methyl sites for hydroxylation is 1. The maximum absolute atomic E-state index is 13.3.